The zero-order valence-corrected chi connectivity index (χ0v) is 16.8. The van der Waals surface area contributed by atoms with Gasteiger partial charge in [0.2, 0.25) is 18.6 Å². The van der Waals surface area contributed by atoms with Crippen LogP contribution in [-0.4, -0.2) is 47.1 Å². The minimum atomic E-state index is -0.615. The van der Waals surface area contributed by atoms with Crippen molar-refractivity contribution >= 4 is 22.7 Å². The Kier molecular flexibility index (Phi) is 3.97. The number of carbonyl (C=O) groups excluding carboxylic acids is 2. The third kappa shape index (κ3) is 2.64. The maximum Gasteiger partial charge on any atom is 0.246 e. The summed E-state index contributed by atoms with van der Waals surface area (Å²) < 4.78 is 11.1. The number of nitrogens with two attached hydrogens (primary N) is 1. The first kappa shape index (κ1) is 18.3. The van der Waals surface area contributed by atoms with Crippen LogP contribution in [-0.2, 0) is 16.0 Å². The maximum absolute atomic E-state index is 13.5. The zero-order chi connectivity index (χ0) is 21.1. The Morgan fingerprint density at radius 1 is 1.10 bits per heavy atom. The summed E-state index contributed by atoms with van der Waals surface area (Å²) in [6, 6.07) is 12.1. The van der Waals surface area contributed by atoms with Crippen molar-refractivity contribution in [3.63, 3.8) is 0 Å². The summed E-state index contributed by atoms with van der Waals surface area (Å²) in [5.74, 6) is 1.07. The van der Waals surface area contributed by atoms with Gasteiger partial charge in [-0.25, -0.2) is 0 Å². The number of aromatic amines is 1. The van der Waals surface area contributed by atoms with Crippen molar-refractivity contribution in [2.75, 3.05) is 13.3 Å². The number of piperazine rings is 1. The van der Waals surface area contributed by atoms with Crippen molar-refractivity contribution in [1.82, 2.24) is 15.2 Å². The quantitative estimate of drug-likeness (QED) is 0.598. The number of amides is 2. The van der Waals surface area contributed by atoms with E-state index in [1.807, 2.05) is 36.4 Å². The minimum absolute atomic E-state index is 0.109. The normalized spacial score (nSPS) is 24.2. The summed E-state index contributed by atoms with van der Waals surface area (Å²) in [6.07, 6.45) is 0.870. The highest BCUT2D eigenvalue weighted by Crippen LogP contribution is 2.44. The summed E-state index contributed by atoms with van der Waals surface area (Å²) >= 11 is 0. The van der Waals surface area contributed by atoms with Crippen LogP contribution < -0.4 is 20.5 Å². The fourth-order valence-corrected chi connectivity index (χ4v) is 5.07. The van der Waals surface area contributed by atoms with Gasteiger partial charge in [-0.15, -0.1) is 0 Å². The number of hydrogen-bond acceptors (Lipinski definition) is 5. The first-order valence-electron chi connectivity index (χ1n) is 10.5. The molecule has 0 bridgehead atoms. The van der Waals surface area contributed by atoms with Gasteiger partial charge in [0.1, 0.15) is 12.1 Å². The van der Waals surface area contributed by atoms with E-state index in [1.165, 1.54) is 0 Å². The summed E-state index contributed by atoms with van der Waals surface area (Å²) in [6.45, 7) is 0.495. The Morgan fingerprint density at radius 2 is 1.94 bits per heavy atom. The highest BCUT2D eigenvalue weighted by molar-refractivity contribution is 5.99. The first-order valence-corrected chi connectivity index (χ1v) is 10.5. The Morgan fingerprint density at radius 3 is 2.81 bits per heavy atom. The number of fused-ring (bicyclic) bond motifs is 5. The van der Waals surface area contributed by atoms with Crippen LogP contribution in [0.4, 0.5) is 0 Å². The van der Waals surface area contributed by atoms with Gasteiger partial charge < -0.3 is 30.4 Å². The van der Waals surface area contributed by atoms with Crippen LogP contribution in [0.5, 0.6) is 11.5 Å². The van der Waals surface area contributed by atoms with Crippen molar-refractivity contribution in [2.24, 2.45) is 5.73 Å². The molecule has 3 aliphatic rings. The molecule has 3 atom stereocenters. The van der Waals surface area contributed by atoms with E-state index in [-0.39, 0.29) is 18.6 Å². The fraction of sp³-hybridized carbons (Fsp3) is 0.304. The molecule has 1 fully saturated rings. The highest BCUT2D eigenvalue weighted by Gasteiger charge is 2.48. The lowest BCUT2D eigenvalue weighted by Gasteiger charge is -2.46. The van der Waals surface area contributed by atoms with Crippen LogP contribution >= 0.6 is 0 Å². The number of benzene rings is 2. The van der Waals surface area contributed by atoms with E-state index in [4.69, 9.17) is 15.2 Å². The summed E-state index contributed by atoms with van der Waals surface area (Å²) in [7, 11) is 0. The van der Waals surface area contributed by atoms with E-state index < -0.39 is 18.1 Å². The molecule has 31 heavy (non-hydrogen) atoms. The summed E-state index contributed by atoms with van der Waals surface area (Å²) in [4.78, 5) is 31.9. The number of nitrogens with zero attached hydrogens (tertiary/aromatic N) is 1. The average molecular weight is 418 g/mol. The molecule has 4 heterocycles. The Labute approximate surface area is 178 Å². The average Bonchev–Trinajstić information content (AvgIpc) is 3.40. The predicted molar refractivity (Wildman–Crippen MR) is 113 cm³/mol. The monoisotopic (exact) mass is 418 g/mol. The Balaban J connectivity index is 1.56. The van der Waals surface area contributed by atoms with Gasteiger partial charge in [0.15, 0.2) is 11.5 Å². The number of aromatic nitrogens is 1. The third-order valence-electron chi connectivity index (χ3n) is 6.47. The van der Waals surface area contributed by atoms with Gasteiger partial charge >= 0.3 is 0 Å². The zero-order valence-electron chi connectivity index (χ0n) is 16.8. The molecule has 2 amide bonds. The Hall–Kier alpha value is -3.52. The highest BCUT2D eigenvalue weighted by atomic mass is 16.7. The number of rotatable bonds is 3. The molecule has 0 spiro atoms. The molecule has 3 aromatic rings. The molecule has 158 valence electrons. The molecule has 2 aromatic carbocycles. The van der Waals surface area contributed by atoms with Crippen LogP contribution in [0.3, 0.4) is 0 Å². The largest absolute Gasteiger partial charge is 0.454 e. The molecule has 6 rings (SSSR count). The number of ether oxygens (including phenoxy) is 2. The second-order valence-electron chi connectivity index (χ2n) is 8.18. The topological polar surface area (TPSA) is 110 Å². The number of H-pyrrole nitrogens is 1. The molecule has 1 aromatic heterocycles. The number of para-hydroxylation sites is 1. The van der Waals surface area contributed by atoms with Crippen LogP contribution in [0.1, 0.15) is 29.3 Å². The predicted octanol–water partition coefficient (Wildman–Crippen LogP) is 1.59. The van der Waals surface area contributed by atoms with Crippen molar-refractivity contribution < 1.29 is 19.1 Å². The molecule has 4 N–H and O–H groups in total. The summed E-state index contributed by atoms with van der Waals surface area (Å²) in [5.41, 5.74) is 9.58. The van der Waals surface area contributed by atoms with Crippen LogP contribution in [0.15, 0.2) is 42.5 Å². The second kappa shape index (κ2) is 6.75. The standard InChI is InChI=1S/C23H22N4O4/c24-8-7-16-23(29)27-17(22(28)26-16)10-14-13-3-1-2-4-15(13)25-20(14)21(27)12-5-6-18-19(9-12)31-11-30-18/h1-6,9,16-17,21,25H,7-8,10-11,24H2,(H,26,28)/t16-,17+,21+/m0/s1. The van der Waals surface area contributed by atoms with E-state index in [9.17, 15) is 9.59 Å². The van der Waals surface area contributed by atoms with E-state index in [0.29, 0.717) is 30.9 Å². The van der Waals surface area contributed by atoms with E-state index in [2.05, 4.69) is 16.4 Å². The maximum atomic E-state index is 13.5. The van der Waals surface area contributed by atoms with Crippen LogP contribution in [0.2, 0.25) is 0 Å². The lowest BCUT2D eigenvalue weighted by atomic mass is 9.85. The molecule has 0 saturated carbocycles. The fourth-order valence-electron chi connectivity index (χ4n) is 5.07. The molecule has 0 unspecified atom stereocenters. The molecular formula is C23H22N4O4. The van der Waals surface area contributed by atoms with E-state index in [0.717, 1.165) is 27.7 Å². The van der Waals surface area contributed by atoms with Gasteiger partial charge in [0.25, 0.3) is 0 Å². The van der Waals surface area contributed by atoms with Crippen molar-refractivity contribution in [3.05, 3.63) is 59.3 Å². The second-order valence-corrected chi connectivity index (χ2v) is 8.18. The van der Waals surface area contributed by atoms with Gasteiger partial charge in [-0.05, 0) is 42.3 Å². The van der Waals surface area contributed by atoms with Gasteiger partial charge in [-0.3, -0.25) is 9.59 Å². The summed E-state index contributed by atoms with van der Waals surface area (Å²) in [5, 5.41) is 3.96. The van der Waals surface area contributed by atoms with E-state index in [1.54, 1.807) is 4.90 Å². The minimum Gasteiger partial charge on any atom is -0.454 e. The molecular weight excluding hydrogens is 396 g/mol. The molecule has 3 aliphatic heterocycles. The lowest BCUT2D eigenvalue weighted by molar-refractivity contribution is -0.152. The Bertz CT molecular complexity index is 1220. The molecule has 0 radical (unpaired) electrons. The van der Waals surface area contributed by atoms with Crippen LogP contribution in [0, 0.1) is 0 Å². The lowest BCUT2D eigenvalue weighted by Crippen LogP contribution is -2.66. The number of hydrogen-bond donors (Lipinski definition) is 3. The molecule has 8 nitrogen and oxygen atoms in total. The van der Waals surface area contributed by atoms with Gasteiger partial charge in [0, 0.05) is 23.0 Å². The van der Waals surface area contributed by atoms with Crippen molar-refractivity contribution in [2.45, 2.75) is 31.0 Å². The van der Waals surface area contributed by atoms with Crippen LogP contribution in [0.25, 0.3) is 10.9 Å². The molecule has 1 saturated heterocycles. The van der Waals surface area contributed by atoms with Crippen molar-refractivity contribution in [3.8, 4) is 11.5 Å². The number of nitrogens with one attached hydrogen (secondary N) is 2. The van der Waals surface area contributed by atoms with Gasteiger partial charge in [-0.2, -0.15) is 0 Å². The van der Waals surface area contributed by atoms with Gasteiger partial charge in [0.05, 0.1) is 6.04 Å². The molecule has 8 heteroatoms. The number of carbonyl (C=O) groups is 2. The third-order valence-corrected chi connectivity index (χ3v) is 6.47. The van der Waals surface area contributed by atoms with E-state index >= 15 is 0 Å². The molecule has 0 aliphatic carbocycles. The SMILES string of the molecule is NCC[C@@H]1NC(=O)[C@H]2Cc3c([nH]c4ccccc34)[C@@H](c3ccc4c(c3)OCO4)N2C1=O. The first-order chi connectivity index (χ1) is 15.2. The smallest absolute Gasteiger partial charge is 0.246 e. The van der Waals surface area contributed by atoms with Crippen molar-refractivity contribution in [1.29, 1.82) is 0 Å². The van der Waals surface area contributed by atoms with Gasteiger partial charge in [-0.1, -0.05) is 24.3 Å².